The van der Waals surface area contributed by atoms with E-state index in [0.717, 1.165) is 0 Å². The second-order valence-electron chi connectivity index (χ2n) is 3.53. The van der Waals surface area contributed by atoms with Crippen molar-refractivity contribution in [3.63, 3.8) is 0 Å². The summed E-state index contributed by atoms with van der Waals surface area (Å²) >= 11 is 0. The van der Waals surface area contributed by atoms with Crippen molar-refractivity contribution >= 4 is 7.12 Å². The van der Waals surface area contributed by atoms with Crippen LogP contribution in [-0.2, 0) is 0 Å². The standard InChI is InChI=1S/C7H17BO3/c1-6(2)7(3,9)4-5-8(10)11/h6,9-11H,4-5H2,1-3H3. The Kier molecular flexibility index (Phi) is 4.07. The van der Waals surface area contributed by atoms with Gasteiger partial charge in [-0.1, -0.05) is 13.8 Å². The number of hydrogen-bond donors (Lipinski definition) is 3. The molecule has 0 spiro atoms. The third-order valence-corrected chi connectivity index (χ3v) is 2.15. The molecule has 0 saturated heterocycles. The normalized spacial score (nSPS) is 16.6. The average Bonchev–Trinajstić information content (AvgIpc) is 1.84. The van der Waals surface area contributed by atoms with E-state index in [-0.39, 0.29) is 12.2 Å². The predicted octanol–water partition coefficient (Wildman–Crippen LogP) is 0.256. The smallest absolute Gasteiger partial charge is 0.427 e. The summed E-state index contributed by atoms with van der Waals surface area (Å²) in [5, 5.41) is 26.7. The van der Waals surface area contributed by atoms with E-state index in [0.29, 0.717) is 6.42 Å². The predicted molar refractivity (Wildman–Crippen MR) is 45.1 cm³/mol. The van der Waals surface area contributed by atoms with Gasteiger partial charge in [-0.05, 0) is 25.6 Å². The molecule has 0 aliphatic carbocycles. The van der Waals surface area contributed by atoms with E-state index in [1.165, 1.54) is 0 Å². The van der Waals surface area contributed by atoms with Gasteiger partial charge in [-0.15, -0.1) is 0 Å². The molecule has 0 heterocycles. The van der Waals surface area contributed by atoms with E-state index in [9.17, 15) is 5.11 Å². The van der Waals surface area contributed by atoms with Crippen LogP contribution in [0.25, 0.3) is 0 Å². The minimum atomic E-state index is -1.31. The van der Waals surface area contributed by atoms with Crippen molar-refractivity contribution < 1.29 is 15.2 Å². The highest BCUT2D eigenvalue weighted by molar-refractivity contribution is 6.40. The third-order valence-electron chi connectivity index (χ3n) is 2.15. The lowest BCUT2D eigenvalue weighted by atomic mass is 9.76. The molecular formula is C7H17BO3. The van der Waals surface area contributed by atoms with Gasteiger partial charge in [0.15, 0.2) is 0 Å². The number of hydrogen-bond acceptors (Lipinski definition) is 3. The van der Waals surface area contributed by atoms with E-state index >= 15 is 0 Å². The van der Waals surface area contributed by atoms with E-state index in [1.54, 1.807) is 6.92 Å². The maximum Gasteiger partial charge on any atom is 0.451 e. The molecule has 0 bridgehead atoms. The molecular weight excluding hydrogens is 143 g/mol. The van der Waals surface area contributed by atoms with Crippen LogP contribution in [0.3, 0.4) is 0 Å². The summed E-state index contributed by atoms with van der Waals surface area (Å²) in [5.74, 6) is 0.140. The lowest BCUT2D eigenvalue weighted by molar-refractivity contribution is 0.00865. The van der Waals surface area contributed by atoms with Gasteiger partial charge in [-0.2, -0.15) is 0 Å². The summed E-state index contributed by atoms with van der Waals surface area (Å²) in [4.78, 5) is 0. The zero-order valence-electron chi connectivity index (χ0n) is 7.41. The zero-order valence-corrected chi connectivity index (χ0v) is 7.41. The minimum Gasteiger partial charge on any atom is -0.427 e. The molecule has 4 heteroatoms. The summed E-state index contributed by atoms with van der Waals surface area (Å²) in [6, 6.07) is 0. The van der Waals surface area contributed by atoms with Crippen LogP contribution in [0.4, 0.5) is 0 Å². The highest BCUT2D eigenvalue weighted by Gasteiger charge is 2.26. The molecule has 1 unspecified atom stereocenters. The Hall–Kier alpha value is -0.0551. The molecule has 11 heavy (non-hydrogen) atoms. The molecule has 0 aliphatic heterocycles. The topological polar surface area (TPSA) is 60.7 Å². The molecule has 0 aromatic rings. The first-order chi connectivity index (χ1) is 4.86. The van der Waals surface area contributed by atoms with E-state index < -0.39 is 12.7 Å². The van der Waals surface area contributed by atoms with Crippen LogP contribution in [0, 0.1) is 5.92 Å². The largest absolute Gasteiger partial charge is 0.451 e. The van der Waals surface area contributed by atoms with Crippen molar-refractivity contribution in [2.45, 2.75) is 39.1 Å². The van der Waals surface area contributed by atoms with E-state index in [4.69, 9.17) is 10.0 Å². The molecule has 0 aromatic carbocycles. The van der Waals surface area contributed by atoms with Crippen LogP contribution in [-0.4, -0.2) is 27.9 Å². The maximum absolute atomic E-state index is 9.62. The van der Waals surface area contributed by atoms with Crippen molar-refractivity contribution in [1.82, 2.24) is 0 Å². The molecule has 3 N–H and O–H groups in total. The molecule has 1 atom stereocenters. The summed E-state index contributed by atoms with van der Waals surface area (Å²) in [6.07, 6.45) is 0.646. The van der Waals surface area contributed by atoms with Gasteiger partial charge in [0.05, 0.1) is 5.60 Å². The van der Waals surface area contributed by atoms with Gasteiger partial charge in [0.25, 0.3) is 0 Å². The first kappa shape index (κ1) is 10.9. The van der Waals surface area contributed by atoms with Crippen LogP contribution in [0.2, 0.25) is 6.32 Å². The highest BCUT2D eigenvalue weighted by atomic mass is 16.4. The Morgan fingerprint density at radius 1 is 1.36 bits per heavy atom. The minimum absolute atomic E-state index is 0.140. The Morgan fingerprint density at radius 3 is 2.09 bits per heavy atom. The number of aliphatic hydroxyl groups is 1. The Labute approximate surface area is 68.2 Å². The fourth-order valence-corrected chi connectivity index (χ4v) is 0.710. The molecule has 0 rings (SSSR count). The van der Waals surface area contributed by atoms with Gasteiger partial charge in [-0.25, -0.2) is 0 Å². The molecule has 0 aliphatic rings. The summed E-state index contributed by atoms with van der Waals surface area (Å²) in [5.41, 5.74) is -0.788. The van der Waals surface area contributed by atoms with Gasteiger partial charge in [0.1, 0.15) is 0 Å². The van der Waals surface area contributed by atoms with Crippen LogP contribution in [0.5, 0.6) is 0 Å². The molecule has 0 amide bonds. The fourth-order valence-electron chi connectivity index (χ4n) is 0.710. The van der Waals surface area contributed by atoms with Gasteiger partial charge in [0.2, 0.25) is 0 Å². The number of rotatable bonds is 4. The van der Waals surface area contributed by atoms with Gasteiger partial charge in [-0.3, -0.25) is 0 Å². The first-order valence-electron chi connectivity index (χ1n) is 3.95. The van der Waals surface area contributed by atoms with Crippen LogP contribution >= 0.6 is 0 Å². The molecule has 0 saturated carbocycles. The van der Waals surface area contributed by atoms with Crippen molar-refractivity contribution in [2.75, 3.05) is 0 Å². The molecule has 0 fully saturated rings. The molecule has 66 valence electrons. The third kappa shape index (κ3) is 4.40. The van der Waals surface area contributed by atoms with Crippen LogP contribution < -0.4 is 0 Å². The quantitative estimate of drug-likeness (QED) is 0.517. The highest BCUT2D eigenvalue weighted by Crippen LogP contribution is 2.22. The van der Waals surface area contributed by atoms with Crippen molar-refractivity contribution in [1.29, 1.82) is 0 Å². The molecule has 0 aromatic heterocycles. The van der Waals surface area contributed by atoms with Gasteiger partial charge in [0, 0.05) is 0 Å². The van der Waals surface area contributed by atoms with Crippen molar-refractivity contribution in [3.8, 4) is 0 Å². The van der Waals surface area contributed by atoms with Crippen molar-refractivity contribution in [3.05, 3.63) is 0 Å². The SMILES string of the molecule is CC(C)C(C)(O)CCB(O)O. The Bertz CT molecular complexity index is 112. The van der Waals surface area contributed by atoms with Gasteiger partial charge >= 0.3 is 7.12 Å². The van der Waals surface area contributed by atoms with Crippen LogP contribution in [0.15, 0.2) is 0 Å². The lowest BCUT2D eigenvalue weighted by Gasteiger charge is -2.27. The Balaban J connectivity index is 3.73. The fraction of sp³-hybridized carbons (Fsp3) is 1.00. The van der Waals surface area contributed by atoms with E-state index in [1.807, 2.05) is 13.8 Å². The first-order valence-corrected chi connectivity index (χ1v) is 3.95. The lowest BCUT2D eigenvalue weighted by Crippen LogP contribution is -2.32. The summed E-state index contributed by atoms with van der Waals surface area (Å²) < 4.78 is 0. The van der Waals surface area contributed by atoms with Crippen LogP contribution in [0.1, 0.15) is 27.2 Å². The average molecular weight is 160 g/mol. The summed E-state index contributed by atoms with van der Waals surface area (Å²) in [7, 11) is -1.31. The molecule has 3 nitrogen and oxygen atoms in total. The summed E-state index contributed by atoms with van der Waals surface area (Å²) in [6.45, 7) is 5.52. The Morgan fingerprint density at radius 2 is 1.82 bits per heavy atom. The second-order valence-corrected chi connectivity index (χ2v) is 3.53. The zero-order chi connectivity index (χ0) is 9.07. The van der Waals surface area contributed by atoms with Crippen molar-refractivity contribution in [2.24, 2.45) is 5.92 Å². The van der Waals surface area contributed by atoms with E-state index in [2.05, 4.69) is 0 Å². The maximum atomic E-state index is 9.62. The van der Waals surface area contributed by atoms with Gasteiger partial charge < -0.3 is 15.2 Å². The molecule has 0 radical (unpaired) electrons. The monoisotopic (exact) mass is 160 g/mol. The second kappa shape index (κ2) is 4.09.